The zero-order valence-corrected chi connectivity index (χ0v) is 15.5. The van der Waals surface area contributed by atoms with Crippen LogP contribution < -0.4 is 17.2 Å². The third-order valence-electron chi connectivity index (χ3n) is 2.42. The molecule has 1 rings (SSSR count). The molecule has 10 heteroatoms. The Morgan fingerprint density at radius 3 is 2.13 bits per heavy atom. The molecule has 1 aromatic rings. The minimum Gasteiger partial charge on any atom is -0.507 e. The van der Waals surface area contributed by atoms with Crippen LogP contribution in [0.2, 0.25) is 0 Å². The van der Waals surface area contributed by atoms with E-state index in [1.165, 1.54) is 12.1 Å². The number of aliphatic carboxylic acids is 1. The fraction of sp³-hybridized carbons (Fsp3) is 0.308. The summed E-state index contributed by atoms with van der Waals surface area (Å²) in [6, 6.07) is 4.99. The quantitative estimate of drug-likeness (QED) is 0.166. The summed E-state index contributed by atoms with van der Waals surface area (Å²) < 4.78 is 0. The molecule has 0 aliphatic carbocycles. The number of nitrogens with two attached hydrogens (primary N) is 3. The summed E-state index contributed by atoms with van der Waals surface area (Å²) in [7, 11) is 0. The van der Waals surface area contributed by atoms with Gasteiger partial charge in [-0.3, -0.25) is 9.79 Å². The number of aliphatic imine (C=N–C) groups is 1. The number of hydrogen-bond acceptors (Lipinski definition) is 5. The molecule has 23 heavy (non-hydrogen) atoms. The van der Waals surface area contributed by atoms with Crippen molar-refractivity contribution < 1.29 is 44.4 Å². The van der Waals surface area contributed by atoms with E-state index in [1.807, 2.05) is 0 Å². The van der Waals surface area contributed by atoms with E-state index in [0.717, 1.165) is 0 Å². The normalized spacial score (nSPS) is 10.3. The molecule has 0 fully saturated rings. The van der Waals surface area contributed by atoms with Crippen molar-refractivity contribution >= 4 is 17.9 Å². The molecule has 0 saturated carbocycles. The van der Waals surface area contributed by atoms with Crippen LogP contribution in [-0.4, -0.2) is 45.8 Å². The molecule has 0 spiro atoms. The van der Waals surface area contributed by atoms with Crippen LogP contribution in [0.15, 0.2) is 29.3 Å². The fourth-order valence-corrected chi connectivity index (χ4v) is 1.30. The SMILES string of the molecule is NC(N)=NCCC[C@H](N)C(=O)O.O=C(O)c1ccccc1O.[Zn]. The molecule has 0 saturated heterocycles. The topological polar surface area (TPSA) is 185 Å². The second-order valence-corrected chi connectivity index (χ2v) is 4.22. The zero-order chi connectivity index (χ0) is 17.1. The molecular weight excluding hydrogens is 358 g/mol. The Bertz CT molecular complexity index is 535. The van der Waals surface area contributed by atoms with Gasteiger partial charge in [0.05, 0.1) is 0 Å². The van der Waals surface area contributed by atoms with Crippen LogP contribution in [0.3, 0.4) is 0 Å². The minimum atomic E-state index is -1.11. The smallest absolute Gasteiger partial charge is 0.339 e. The molecule has 124 valence electrons. The second kappa shape index (κ2) is 12.4. The Balaban J connectivity index is 0. The molecule has 0 unspecified atom stereocenters. The third kappa shape index (κ3) is 11.1. The first kappa shape index (κ1) is 23.1. The van der Waals surface area contributed by atoms with E-state index in [1.54, 1.807) is 12.1 Å². The zero-order valence-electron chi connectivity index (χ0n) is 12.6. The summed E-state index contributed by atoms with van der Waals surface area (Å²) >= 11 is 0. The fourth-order valence-electron chi connectivity index (χ4n) is 1.30. The van der Waals surface area contributed by atoms with Gasteiger partial charge in [0.2, 0.25) is 0 Å². The Hall–Kier alpha value is -2.19. The van der Waals surface area contributed by atoms with E-state index in [0.29, 0.717) is 19.4 Å². The molecule has 1 atom stereocenters. The van der Waals surface area contributed by atoms with Crippen LogP contribution in [0.5, 0.6) is 5.75 Å². The number of carboxylic acids is 2. The average Bonchev–Trinajstić information content (AvgIpc) is 2.44. The van der Waals surface area contributed by atoms with Crippen LogP contribution in [0, 0.1) is 0 Å². The summed E-state index contributed by atoms with van der Waals surface area (Å²) in [4.78, 5) is 24.2. The first-order valence-electron chi connectivity index (χ1n) is 6.30. The van der Waals surface area contributed by atoms with Crippen molar-refractivity contribution in [3.63, 3.8) is 0 Å². The maximum Gasteiger partial charge on any atom is 0.339 e. The van der Waals surface area contributed by atoms with Gasteiger partial charge in [0, 0.05) is 26.0 Å². The number of hydrogen-bond donors (Lipinski definition) is 6. The van der Waals surface area contributed by atoms with E-state index in [4.69, 9.17) is 32.5 Å². The predicted molar refractivity (Wildman–Crippen MR) is 80.6 cm³/mol. The largest absolute Gasteiger partial charge is 0.507 e. The monoisotopic (exact) mass is 376 g/mol. The van der Waals surface area contributed by atoms with Gasteiger partial charge in [0.15, 0.2) is 5.96 Å². The van der Waals surface area contributed by atoms with Gasteiger partial charge in [-0.2, -0.15) is 0 Å². The molecule has 0 aromatic heterocycles. The number of rotatable bonds is 6. The van der Waals surface area contributed by atoms with Crippen molar-refractivity contribution in [1.82, 2.24) is 0 Å². The number of aromatic carboxylic acids is 1. The molecule has 9 nitrogen and oxygen atoms in total. The molecule has 0 heterocycles. The van der Waals surface area contributed by atoms with E-state index >= 15 is 0 Å². The minimum absolute atomic E-state index is 0. The van der Waals surface area contributed by atoms with Gasteiger partial charge in [-0.05, 0) is 25.0 Å². The van der Waals surface area contributed by atoms with Gasteiger partial charge in [-0.15, -0.1) is 0 Å². The van der Waals surface area contributed by atoms with Crippen molar-refractivity contribution in [2.24, 2.45) is 22.2 Å². The first-order chi connectivity index (χ1) is 10.3. The summed E-state index contributed by atoms with van der Waals surface area (Å²) in [5.41, 5.74) is 15.3. The van der Waals surface area contributed by atoms with Crippen LogP contribution in [0.25, 0.3) is 0 Å². The maximum absolute atomic E-state index is 10.3. The molecule has 0 amide bonds. The van der Waals surface area contributed by atoms with Gasteiger partial charge in [-0.1, -0.05) is 12.1 Å². The molecule has 1 aromatic carbocycles. The van der Waals surface area contributed by atoms with Crippen molar-refractivity contribution in [1.29, 1.82) is 0 Å². The van der Waals surface area contributed by atoms with Crippen LogP contribution in [-0.2, 0) is 24.3 Å². The Morgan fingerprint density at radius 1 is 1.17 bits per heavy atom. The van der Waals surface area contributed by atoms with E-state index < -0.39 is 18.0 Å². The summed E-state index contributed by atoms with van der Waals surface area (Å²) in [5, 5.41) is 25.7. The Morgan fingerprint density at radius 2 is 1.74 bits per heavy atom. The van der Waals surface area contributed by atoms with Crippen LogP contribution in [0.4, 0.5) is 0 Å². The second-order valence-electron chi connectivity index (χ2n) is 4.22. The van der Waals surface area contributed by atoms with Crippen LogP contribution >= 0.6 is 0 Å². The van der Waals surface area contributed by atoms with Gasteiger partial charge in [-0.25, -0.2) is 4.79 Å². The summed E-state index contributed by atoms with van der Waals surface area (Å²) in [5.74, 6) is -2.30. The predicted octanol–water partition coefficient (Wildman–Crippen LogP) is -0.460. The number of benzene rings is 1. The Kier molecular flexibility index (Phi) is 12.4. The molecule has 0 radical (unpaired) electrons. The molecule has 0 aliphatic rings. The number of guanidine groups is 1. The number of phenols is 1. The number of carbonyl (C=O) groups is 2. The molecular formula is C13H20N4O5Zn. The van der Waals surface area contributed by atoms with E-state index in [2.05, 4.69) is 4.99 Å². The number of para-hydroxylation sites is 1. The van der Waals surface area contributed by atoms with Crippen molar-refractivity contribution in [3.05, 3.63) is 29.8 Å². The summed E-state index contributed by atoms with van der Waals surface area (Å²) in [6.45, 7) is 0.420. The van der Waals surface area contributed by atoms with Crippen molar-refractivity contribution in [2.45, 2.75) is 18.9 Å². The van der Waals surface area contributed by atoms with Gasteiger partial charge < -0.3 is 32.5 Å². The van der Waals surface area contributed by atoms with Gasteiger partial charge in [0.1, 0.15) is 17.4 Å². The molecule has 0 bridgehead atoms. The maximum atomic E-state index is 10.3. The number of aromatic hydroxyl groups is 1. The van der Waals surface area contributed by atoms with Crippen molar-refractivity contribution in [2.75, 3.05) is 6.54 Å². The van der Waals surface area contributed by atoms with E-state index in [9.17, 15) is 9.59 Å². The summed E-state index contributed by atoms with van der Waals surface area (Å²) in [6.07, 6.45) is 0.956. The average molecular weight is 378 g/mol. The van der Waals surface area contributed by atoms with Crippen LogP contribution in [0.1, 0.15) is 23.2 Å². The Labute approximate surface area is 145 Å². The number of carboxylic acid groups (broad SMARTS) is 2. The molecule has 0 aliphatic heterocycles. The standard InChI is InChI=1S/C7H6O3.C6H14N4O2.Zn/c8-6-4-2-1-3-5(6)7(9)10;7-4(5(11)12)2-1-3-10-6(8)9;/h1-4,8H,(H,9,10);4H,1-3,7H2,(H,11,12)(H4,8,9,10);/t;4-;/m.0./s1. The molecule has 9 N–H and O–H groups in total. The first-order valence-corrected chi connectivity index (χ1v) is 6.30. The third-order valence-corrected chi connectivity index (χ3v) is 2.42. The van der Waals surface area contributed by atoms with Gasteiger partial charge >= 0.3 is 11.9 Å². The van der Waals surface area contributed by atoms with Crippen molar-refractivity contribution in [3.8, 4) is 5.75 Å². The number of nitrogens with zero attached hydrogens (tertiary/aromatic N) is 1. The van der Waals surface area contributed by atoms with Gasteiger partial charge in [0.25, 0.3) is 0 Å². The van der Waals surface area contributed by atoms with E-state index in [-0.39, 0.29) is 36.8 Å².